The van der Waals surface area contributed by atoms with Gasteiger partial charge >= 0.3 is 6.05 Å². The monoisotopic (exact) mass is 153 g/mol. The molecule has 1 fully saturated rings. The molecular weight excluding hydrogens is 147 g/mol. The number of likely N-dealkylation sites (tertiary alicyclic amines) is 1. The highest BCUT2D eigenvalue weighted by Gasteiger charge is 2.45. The minimum atomic E-state index is -3.57. The van der Waals surface area contributed by atoms with E-state index in [2.05, 4.69) is 0 Å². The fourth-order valence-corrected chi connectivity index (χ4v) is 0.733. The number of amides is 1. The molecule has 1 heterocycles. The molecule has 1 rings (SSSR count). The van der Waals surface area contributed by atoms with Crippen molar-refractivity contribution in [2.75, 3.05) is 13.2 Å². The Morgan fingerprint density at radius 2 is 2.20 bits per heavy atom. The standard InChI is InChI=1S/C5H6F3NO/c6-3-5(7,8)9-2-1-4(9)10/h1-3H2. The zero-order valence-electron chi connectivity index (χ0n) is 5.11. The first-order chi connectivity index (χ1) is 4.58. The fourth-order valence-electron chi connectivity index (χ4n) is 0.733. The molecule has 1 amide bonds. The van der Waals surface area contributed by atoms with E-state index in [1.807, 2.05) is 0 Å². The lowest BCUT2D eigenvalue weighted by atomic mass is 10.2. The molecule has 1 saturated heterocycles. The van der Waals surface area contributed by atoms with Crippen LogP contribution >= 0.6 is 0 Å². The van der Waals surface area contributed by atoms with Crippen molar-refractivity contribution in [2.45, 2.75) is 12.5 Å². The summed E-state index contributed by atoms with van der Waals surface area (Å²) < 4.78 is 35.8. The third-order valence-corrected chi connectivity index (χ3v) is 1.41. The van der Waals surface area contributed by atoms with E-state index in [4.69, 9.17) is 0 Å². The summed E-state index contributed by atoms with van der Waals surface area (Å²) in [5.41, 5.74) is 0. The molecule has 0 saturated carbocycles. The third kappa shape index (κ3) is 0.955. The van der Waals surface area contributed by atoms with Crippen LogP contribution < -0.4 is 0 Å². The van der Waals surface area contributed by atoms with Gasteiger partial charge < -0.3 is 0 Å². The number of nitrogens with zero attached hydrogens (tertiary/aromatic N) is 1. The van der Waals surface area contributed by atoms with Crippen molar-refractivity contribution in [3.63, 3.8) is 0 Å². The predicted octanol–water partition coefficient (Wildman–Crippen LogP) is 0.781. The van der Waals surface area contributed by atoms with Gasteiger partial charge in [0.1, 0.15) is 0 Å². The number of alkyl halides is 3. The fraction of sp³-hybridized carbons (Fsp3) is 0.800. The maximum atomic E-state index is 12.2. The molecule has 0 N–H and O–H groups in total. The zero-order chi connectivity index (χ0) is 7.78. The Bertz CT molecular complexity index is 159. The highest BCUT2D eigenvalue weighted by molar-refractivity contribution is 5.82. The zero-order valence-corrected chi connectivity index (χ0v) is 5.11. The molecule has 0 aromatic heterocycles. The SMILES string of the molecule is O=C1CCN1C(F)(F)CF. The molecule has 0 spiro atoms. The predicted molar refractivity (Wildman–Crippen MR) is 27.3 cm³/mol. The molecule has 0 radical (unpaired) electrons. The second-order valence-electron chi connectivity index (χ2n) is 2.09. The lowest BCUT2D eigenvalue weighted by molar-refractivity contribution is -0.196. The Morgan fingerprint density at radius 1 is 1.60 bits per heavy atom. The quantitative estimate of drug-likeness (QED) is 0.424. The second kappa shape index (κ2) is 2.14. The molecular formula is C5H6F3NO. The number of halogens is 3. The van der Waals surface area contributed by atoms with E-state index in [0.29, 0.717) is 0 Å². The number of carbonyl (C=O) groups is 1. The number of rotatable bonds is 2. The Balaban J connectivity index is 2.55. The van der Waals surface area contributed by atoms with Gasteiger partial charge in [0.15, 0.2) is 6.67 Å². The van der Waals surface area contributed by atoms with Gasteiger partial charge in [-0.05, 0) is 0 Å². The molecule has 0 atom stereocenters. The van der Waals surface area contributed by atoms with Crippen molar-refractivity contribution < 1.29 is 18.0 Å². The van der Waals surface area contributed by atoms with Crippen molar-refractivity contribution in [1.29, 1.82) is 0 Å². The molecule has 0 bridgehead atoms. The normalized spacial score (nSPS) is 19.1. The summed E-state index contributed by atoms with van der Waals surface area (Å²) in [6, 6.07) is -3.57. The van der Waals surface area contributed by atoms with Gasteiger partial charge in [0.05, 0.1) is 0 Å². The van der Waals surface area contributed by atoms with E-state index < -0.39 is 18.6 Å². The first-order valence-electron chi connectivity index (χ1n) is 2.82. The van der Waals surface area contributed by atoms with Crippen LogP contribution in [0.1, 0.15) is 6.42 Å². The van der Waals surface area contributed by atoms with Gasteiger partial charge in [-0.1, -0.05) is 0 Å². The number of β-lactam (4-membered cyclic amide) rings is 1. The Hall–Kier alpha value is -0.740. The summed E-state index contributed by atoms with van der Waals surface area (Å²) in [6.07, 6.45) is 0.107. The van der Waals surface area contributed by atoms with Gasteiger partial charge in [-0.2, -0.15) is 8.78 Å². The molecule has 2 nitrogen and oxygen atoms in total. The van der Waals surface area contributed by atoms with E-state index in [1.54, 1.807) is 0 Å². The summed E-state index contributed by atoms with van der Waals surface area (Å²) in [5, 5.41) is 0. The molecule has 0 aromatic carbocycles. The largest absolute Gasteiger partial charge is 0.355 e. The Morgan fingerprint density at radius 3 is 2.30 bits per heavy atom. The highest BCUT2D eigenvalue weighted by Crippen LogP contribution is 2.26. The second-order valence-corrected chi connectivity index (χ2v) is 2.09. The maximum absolute atomic E-state index is 12.2. The van der Waals surface area contributed by atoms with Crippen LogP contribution in [0.5, 0.6) is 0 Å². The van der Waals surface area contributed by atoms with Crippen LogP contribution in [0.4, 0.5) is 13.2 Å². The average molecular weight is 153 g/mol. The van der Waals surface area contributed by atoms with Crippen molar-refractivity contribution in [3.05, 3.63) is 0 Å². The van der Waals surface area contributed by atoms with Crippen molar-refractivity contribution in [3.8, 4) is 0 Å². The first-order valence-corrected chi connectivity index (χ1v) is 2.82. The summed E-state index contributed by atoms with van der Waals surface area (Å²) in [6.45, 7) is -1.82. The van der Waals surface area contributed by atoms with Crippen molar-refractivity contribution >= 4 is 5.91 Å². The van der Waals surface area contributed by atoms with Crippen LogP contribution in [-0.2, 0) is 4.79 Å². The van der Waals surface area contributed by atoms with Gasteiger partial charge in [0, 0.05) is 13.0 Å². The summed E-state index contributed by atoms with van der Waals surface area (Å²) >= 11 is 0. The van der Waals surface area contributed by atoms with Crippen LogP contribution in [-0.4, -0.2) is 30.1 Å². The number of hydrogen-bond donors (Lipinski definition) is 0. The van der Waals surface area contributed by atoms with Gasteiger partial charge in [0.25, 0.3) is 0 Å². The molecule has 0 aliphatic carbocycles. The molecule has 0 unspecified atom stereocenters. The van der Waals surface area contributed by atoms with Gasteiger partial charge in [0.2, 0.25) is 5.91 Å². The lowest BCUT2D eigenvalue weighted by Crippen LogP contribution is -2.55. The molecule has 1 aliphatic rings. The van der Waals surface area contributed by atoms with E-state index >= 15 is 0 Å². The highest BCUT2D eigenvalue weighted by atomic mass is 19.3. The smallest absolute Gasteiger partial charge is 0.281 e. The molecule has 0 aromatic rings. The minimum absolute atomic E-state index is 0.0320. The first kappa shape index (κ1) is 7.37. The summed E-state index contributed by atoms with van der Waals surface area (Å²) in [7, 11) is 0. The van der Waals surface area contributed by atoms with Crippen LogP contribution in [0, 0.1) is 0 Å². The lowest BCUT2D eigenvalue weighted by Gasteiger charge is -2.35. The average Bonchev–Trinajstić information content (AvgIpc) is 1.84. The number of hydrogen-bond acceptors (Lipinski definition) is 1. The minimum Gasteiger partial charge on any atom is -0.281 e. The van der Waals surface area contributed by atoms with E-state index in [-0.39, 0.29) is 17.9 Å². The number of carbonyl (C=O) groups excluding carboxylic acids is 1. The van der Waals surface area contributed by atoms with Crippen LogP contribution in [0.15, 0.2) is 0 Å². The Kier molecular flexibility index (Phi) is 1.58. The van der Waals surface area contributed by atoms with Crippen molar-refractivity contribution in [1.82, 2.24) is 4.90 Å². The maximum Gasteiger partial charge on any atom is 0.355 e. The topological polar surface area (TPSA) is 20.3 Å². The van der Waals surface area contributed by atoms with Gasteiger partial charge in [-0.25, -0.2) is 4.39 Å². The van der Waals surface area contributed by atoms with E-state index in [0.717, 1.165) is 0 Å². The third-order valence-electron chi connectivity index (χ3n) is 1.41. The van der Waals surface area contributed by atoms with Gasteiger partial charge in [-0.3, -0.25) is 9.69 Å². The molecule has 5 heteroatoms. The summed E-state index contributed by atoms with van der Waals surface area (Å²) in [5.74, 6) is -0.678. The van der Waals surface area contributed by atoms with E-state index in [1.165, 1.54) is 0 Å². The molecule has 10 heavy (non-hydrogen) atoms. The Labute approximate surface area is 55.6 Å². The molecule has 1 aliphatic heterocycles. The van der Waals surface area contributed by atoms with Crippen LogP contribution in [0.3, 0.4) is 0 Å². The molecule has 58 valence electrons. The van der Waals surface area contributed by atoms with Crippen LogP contribution in [0.25, 0.3) is 0 Å². The summed E-state index contributed by atoms with van der Waals surface area (Å²) in [4.78, 5) is 10.6. The van der Waals surface area contributed by atoms with Crippen LogP contribution in [0.2, 0.25) is 0 Å². The van der Waals surface area contributed by atoms with Crippen molar-refractivity contribution in [2.24, 2.45) is 0 Å². The van der Waals surface area contributed by atoms with Gasteiger partial charge in [-0.15, -0.1) is 0 Å². The van der Waals surface area contributed by atoms with E-state index in [9.17, 15) is 18.0 Å².